The monoisotopic (exact) mass is 500 g/mol. The van der Waals surface area contributed by atoms with Crippen molar-refractivity contribution in [3.63, 3.8) is 0 Å². The number of ether oxygens (including phenoxy) is 4. The van der Waals surface area contributed by atoms with Gasteiger partial charge in [-0.1, -0.05) is 23.2 Å². The van der Waals surface area contributed by atoms with Gasteiger partial charge in [-0.25, -0.2) is 0 Å². The maximum Gasteiger partial charge on any atom is 0.303 e. The zero-order valence-electron chi connectivity index (χ0n) is 15.6. The fourth-order valence-corrected chi connectivity index (χ4v) is 4.48. The SMILES string of the molecule is CC(=O)OCC1=C2OC(C)(C)OC2[C@H](n2c(Br)c(C#N)c3cc(Cl)c(Cl)cc32)O1. The van der Waals surface area contributed by atoms with E-state index in [2.05, 4.69) is 22.0 Å². The summed E-state index contributed by atoms with van der Waals surface area (Å²) in [4.78, 5) is 11.3. The summed E-state index contributed by atoms with van der Waals surface area (Å²) in [5.41, 5.74) is 1.02. The Hall–Kier alpha value is -1.92. The minimum atomic E-state index is -0.891. The number of carbonyl (C=O) groups excluding carboxylic acids is 1. The molecule has 3 heterocycles. The Kier molecular flexibility index (Phi) is 4.98. The lowest BCUT2D eigenvalue weighted by Crippen LogP contribution is -2.28. The number of hydrogen-bond acceptors (Lipinski definition) is 6. The molecule has 29 heavy (non-hydrogen) atoms. The lowest BCUT2D eigenvalue weighted by atomic mass is 10.2. The summed E-state index contributed by atoms with van der Waals surface area (Å²) >= 11 is 15.9. The Morgan fingerprint density at radius 1 is 1.38 bits per heavy atom. The average Bonchev–Trinajstić information content (AvgIpc) is 3.20. The van der Waals surface area contributed by atoms with Crippen LogP contribution in [-0.2, 0) is 23.7 Å². The third-order valence-corrected chi connectivity index (χ3v) is 6.08. The number of carbonyl (C=O) groups is 1. The van der Waals surface area contributed by atoms with Gasteiger partial charge in [0.25, 0.3) is 0 Å². The molecule has 0 bridgehead atoms. The lowest BCUT2D eigenvalue weighted by Gasteiger charge is -2.24. The van der Waals surface area contributed by atoms with Crippen molar-refractivity contribution in [1.82, 2.24) is 4.57 Å². The van der Waals surface area contributed by atoms with Gasteiger partial charge in [-0.3, -0.25) is 9.36 Å². The second kappa shape index (κ2) is 7.10. The summed E-state index contributed by atoms with van der Waals surface area (Å²) in [7, 11) is 0. The number of nitrogens with zero attached hydrogens (tertiary/aromatic N) is 2. The van der Waals surface area contributed by atoms with E-state index < -0.39 is 24.1 Å². The van der Waals surface area contributed by atoms with Crippen LogP contribution in [0, 0.1) is 11.3 Å². The van der Waals surface area contributed by atoms with E-state index in [4.69, 9.17) is 42.1 Å². The molecule has 1 aromatic heterocycles. The average molecular weight is 502 g/mol. The highest BCUT2D eigenvalue weighted by Gasteiger charge is 2.51. The fraction of sp³-hybridized carbons (Fsp3) is 0.368. The van der Waals surface area contributed by atoms with Crippen LogP contribution >= 0.6 is 39.1 Å². The van der Waals surface area contributed by atoms with Crippen LogP contribution in [0.15, 0.2) is 28.3 Å². The van der Waals surface area contributed by atoms with E-state index in [-0.39, 0.29) is 6.61 Å². The minimum absolute atomic E-state index is 0.0916. The minimum Gasteiger partial charge on any atom is -0.464 e. The van der Waals surface area contributed by atoms with E-state index in [1.807, 2.05) is 0 Å². The molecule has 1 aromatic carbocycles. The van der Waals surface area contributed by atoms with Gasteiger partial charge in [-0.15, -0.1) is 0 Å². The van der Waals surface area contributed by atoms with E-state index in [9.17, 15) is 10.1 Å². The van der Waals surface area contributed by atoms with Crippen LogP contribution < -0.4 is 0 Å². The van der Waals surface area contributed by atoms with Gasteiger partial charge in [0.1, 0.15) is 10.7 Å². The largest absolute Gasteiger partial charge is 0.464 e. The predicted molar refractivity (Wildman–Crippen MR) is 108 cm³/mol. The summed E-state index contributed by atoms with van der Waals surface area (Å²) in [6.07, 6.45) is -1.32. The zero-order valence-corrected chi connectivity index (χ0v) is 18.7. The van der Waals surface area contributed by atoms with Crippen LogP contribution in [0.3, 0.4) is 0 Å². The van der Waals surface area contributed by atoms with Crippen LogP contribution in [0.2, 0.25) is 10.0 Å². The summed E-state index contributed by atoms with van der Waals surface area (Å²) < 4.78 is 25.4. The number of aromatic nitrogens is 1. The molecule has 0 N–H and O–H groups in total. The molecule has 7 nitrogen and oxygen atoms in total. The quantitative estimate of drug-likeness (QED) is 0.548. The molecule has 2 aliphatic heterocycles. The topological polar surface area (TPSA) is 82.7 Å². The summed E-state index contributed by atoms with van der Waals surface area (Å²) in [5.74, 6) is -0.528. The Bertz CT molecular complexity index is 1120. The van der Waals surface area contributed by atoms with Crippen LogP contribution in [0.25, 0.3) is 10.9 Å². The van der Waals surface area contributed by atoms with Gasteiger partial charge in [0, 0.05) is 26.2 Å². The van der Waals surface area contributed by atoms with Gasteiger partial charge in [0.2, 0.25) is 12.0 Å². The Balaban J connectivity index is 1.85. The van der Waals surface area contributed by atoms with Crippen molar-refractivity contribution in [2.24, 2.45) is 0 Å². The molecule has 1 saturated heterocycles. The fourth-order valence-electron chi connectivity index (χ4n) is 3.46. The van der Waals surface area contributed by atoms with Crippen LogP contribution in [0.5, 0.6) is 0 Å². The van der Waals surface area contributed by atoms with E-state index >= 15 is 0 Å². The molecule has 0 saturated carbocycles. The standard InChI is InChI=1S/C19H15BrCl2N2O5/c1-8(25)26-7-14-15-16(29-19(2,3)28-15)18(27-14)24-13-5-12(22)11(21)4-9(13)10(6-23)17(24)20/h4-5,16,18H,7H2,1-3H3/t16?,18-/m1/s1. The van der Waals surface area contributed by atoms with Crippen molar-refractivity contribution in [2.45, 2.75) is 38.9 Å². The zero-order chi connectivity index (χ0) is 21.1. The van der Waals surface area contributed by atoms with E-state index in [1.54, 1.807) is 30.5 Å². The first-order valence-electron chi connectivity index (χ1n) is 8.61. The number of rotatable bonds is 3. The molecule has 0 amide bonds. The first-order valence-corrected chi connectivity index (χ1v) is 10.2. The predicted octanol–water partition coefficient (Wildman–Crippen LogP) is 5.04. The van der Waals surface area contributed by atoms with E-state index in [0.29, 0.717) is 42.6 Å². The number of nitriles is 1. The first kappa shape index (κ1) is 20.4. The molecule has 2 aromatic rings. The number of halogens is 3. The summed E-state index contributed by atoms with van der Waals surface area (Å²) in [5, 5.41) is 11.0. The second-order valence-electron chi connectivity index (χ2n) is 7.05. The lowest BCUT2D eigenvalue weighted by molar-refractivity contribution is -0.167. The number of benzene rings is 1. The normalized spacial score (nSPS) is 22.2. The van der Waals surface area contributed by atoms with Crippen LogP contribution in [-0.4, -0.2) is 29.0 Å². The number of fused-ring (bicyclic) bond motifs is 2. The van der Waals surface area contributed by atoms with E-state index in [0.717, 1.165) is 0 Å². The van der Waals surface area contributed by atoms with Crippen molar-refractivity contribution in [3.8, 4) is 6.07 Å². The maximum atomic E-state index is 11.3. The highest BCUT2D eigenvalue weighted by molar-refractivity contribution is 9.10. The van der Waals surface area contributed by atoms with Crippen molar-refractivity contribution in [2.75, 3.05) is 6.61 Å². The van der Waals surface area contributed by atoms with Gasteiger partial charge < -0.3 is 18.9 Å². The summed E-state index contributed by atoms with van der Waals surface area (Å²) in [6.45, 7) is 4.77. The molecule has 1 unspecified atom stereocenters. The molecule has 152 valence electrons. The van der Waals surface area contributed by atoms with E-state index in [1.165, 1.54) is 6.92 Å². The molecule has 0 spiro atoms. The van der Waals surface area contributed by atoms with Gasteiger partial charge in [0.15, 0.2) is 24.2 Å². The molecule has 10 heteroatoms. The molecular weight excluding hydrogens is 487 g/mol. The Morgan fingerprint density at radius 3 is 2.72 bits per heavy atom. The number of hydrogen-bond donors (Lipinski definition) is 0. The van der Waals surface area contributed by atoms with Crippen LogP contribution in [0.1, 0.15) is 32.6 Å². The molecular formula is C19H15BrCl2N2O5. The maximum absolute atomic E-state index is 11.3. The molecule has 4 rings (SSSR count). The van der Waals surface area contributed by atoms with Gasteiger partial charge >= 0.3 is 5.97 Å². The number of esters is 1. The van der Waals surface area contributed by atoms with Crippen LogP contribution in [0.4, 0.5) is 0 Å². The van der Waals surface area contributed by atoms with Gasteiger partial charge in [-0.05, 0) is 28.1 Å². The van der Waals surface area contributed by atoms with Gasteiger partial charge in [0.05, 0.1) is 21.1 Å². The highest BCUT2D eigenvalue weighted by Crippen LogP contribution is 2.48. The highest BCUT2D eigenvalue weighted by atomic mass is 79.9. The molecule has 1 fully saturated rings. The molecule has 2 aliphatic rings. The molecule has 0 aliphatic carbocycles. The Labute approximate surface area is 184 Å². The third-order valence-electron chi connectivity index (χ3n) is 4.58. The smallest absolute Gasteiger partial charge is 0.303 e. The van der Waals surface area contributed by atoms with Crippen molar-refractivity contribution in [3.05, 3.63) is 43.9 Å². The third kappa shape index (κ3) is 3.36. The second-order valence-corrected chi connectivity index (χ2v) is 8.61. The molecule has 2 atom stereocenters. The Morgan fingerprint density at radius 2 is 2.07 bits per heavy atom. The van der Waals surface area contributed by atoms with Gasteiger partial charge in [-0.2, -0.15) is 5.26 Å². The van der Waals surface area contributed by atoms with Crippen molar-refractivity contribution < 1.29 is 23.7 Å². The summed E-state index contributed by atoms with van der Waals surface area (Å²) in [6, 6.07) is 5.48. The van der Waals surface area contributed by atoms with Crippen molar-refractivity contribution in [1.29, 1.82) is 5.26 Å². The molecule has 0 radical (unpaired) electrons. The first-order chi connectivity index (χ1) is 13.6. The van der Waals surface area contributed by atoms with Crippen molar-refractivity contribution >= 4 is 56.0 Å².